The van der Waals surface area contributed by atoms with Crippen molar-refractivity contribution < 1.29 is 37.8 Å². The smallest absolute Gasteiger partial charge is 0.370 e. The summed E-state index contributed by atoms with van der Waals surface area (Å²) in [6.07, 6.45) is -4.28. The number of hydrogen-bond acceptors (Lipinski definition) is 1. The van der Waals surface area contributed by atoms with E-state index in [2.05, 4.69) is 6.92 Å². The molecule has 0 bridgehead atoms. The van der Waals surface area contributed by atoms with Crippen LogP contribution in [0.25, 0.3) is 0 Å². The number of benzene rings is 1. The first-order valence-corrected chi connectivity index (χ1v) is 3.45. The zero-order chi connectivity index (χ0) is 10.5. The average molecular weight is 257 g/mol. The number of rotatable bonds is 0. The molecule has 1 rings (SSSR count). The number of halogens is 3. The van der Waals surface area contributed by atoms with Gasteiger partial charge in [0.15, 0.2) is 0 Å². The molecule has 76 valence electrons. The fourth-order valence-electron chi connectivity index (χ4n) is 0.797. The van der Waals surface area contributed by atoms with Crippen molar-refractivity contribution >= 4 is 0 Å². The van der Waals surface area contributed by atoms with Crippen LogP contribution < -0.4 is 0 Å². The molecule has 0 aliphatic rings. The zero-order valence-corrected chi connectivity index (χ0v) is 10.8. The molecular formula is C9H10F3OZn-. The van der Waals surface area contributed by atoms with Crippen molar-refractivity contribution in [1.29, 1.82) is 0 Å². The predicted octanol–water partition coefficient (Wildman–Crippen LogP) is 2.49. The van der Waals surface area contributed by atoms with E-state index in [1.807, 2.05) is 0 Å². The molecule has 1 nitrogen and oxygen atoms in total. The van der Waals surface area contributed by atoms with Crippen LogP contribution in [0.4, 0.5) is 13.2 Å². The number of aliphatic hydroxyl groups excluding tert-OH is 1. The van der Waals surface area contributed by atoms with Crippen LogP contribution in [0.5, 0.6) is 0 Å². The summed E-state index contributed by atoms with van der Waals surface area (Å²) in [4.78, 5) is 0. The number of aliphatic hydroxyl groups is 1. The van der Waals surface area contributed by atoms with E-state index in [1.54, 1.807) is 0 Å². The van der Waals surface area contributed by atoms with Gasteiger partial charge in [0.25, 0.3) is 0 Å². The van der Waals surface area contributed by atoms with Crippen molar-refractivity contribution in [3.63, 3.8) is 0 Å². The van der Waals surface area contributed by atoms with Gasteiger partial charge in [-0.2, -0.15) is 31.7 Å². The van der Waals surface area contributed by atoms with Crippen molar-refractivity contribution in [3.05, 3.63) is 42.3 Å². The molecule has 0 fully saturated rings. The van der Waals surface area contributed by atoms with E-state index in [0.717, 1.165) is 13.2 Å². The molecule has 1 aromatic rings. The van der Waals surface area contributed by atoms with Crippen LogP contribution in [-0.2, 0) is 25.7 Å². The normalized spacial score (nSPS) is 9.50. The molecule has 1 aromatic carbocycles. The SMILES string of the molecule is CO.[CH2-]c1ccccc1C(F)(F)F.[Zn]. The van der Waals surface area contributed by atoms with Crippen LogP contribution in [0.1, 0.15) is 11.1 Å². The van der Waals surface area contributed by atoms with Crippen molar-refractivity contribution in [3.8, 4) is 0 Å². The molecule has 0 atom stereocenters. The average Bonchev–Trinajstić information content (AvgIpc) is 2.07. The standard InChI is InChI=1S/C8H6F3.CH4O.Zn/c1-6-4-2-3-5-7(6)8(9,10)11;1-2;/h2-5H,1H2;2H,1H3;/q-1;;. The number of alkyl halides is 3. The van der Waals surface area contributed by atoms with Crippen LogP contribution in [0, 0.1) is 6.92 Å². The molecule has 1 N–H and O–H groups in total. The minimum absolute atomic E-state index is 0. The maximum absolute atomic E-state index is 12.0. The molecule has 0 heterocycles. The molecule has 0 aliphatic heterocycles. The van der Waals surface area contributed by atoms with Gasteiger partial charge in [0.1, 0.15) is 0 Å². The van der Waals surface area contributed by atoms with Crippen LogP contribution >= 0.6 is 0 Å². The van der Waals surface area contributed by atoms with Crippen LogP contribution in [0.15, 0.2) is 24.3 Å². The Morgan fingerprint density at radius 2 is 1.57 bits per heavy atom. The third kappa shape index (κ3) is 4.63. The molecular weight excluding hydrogens is 246 g/mol. The second-order valence-electron chi connectivity index (χ2n) is 2.15. The van der Waals surface area contributed by atoms with Crippen molar-refractivity contribution in [2.45, 2.75) is 6.18 Å². The second kappa shape index (κ2) is 6.85. The van der Waals surface area contributed by atoms with E-state index >= 15 is 0 Å². The van der Waals surface area contributed by atoms with Gasteiger partial charge in [0.05, 0.1) is 0 Å². The maximum Gasteiger partial charge on any atom is 0.370 e. The Morgan fingerprint density at radius 1 is 1.14 bits per heavy atom. The molecule has 0 aromatic heterocycles. The van der Waals surface area contributed by atoms with Crippen molar-refractivity contribution in [2.75, 3.05) is 7.11 Å². The Hall–Kier alpha value is -0.537. The van der Waals surface area contributed by atoms with Gasteiger partial charge < -0.3 is 5.11 Å². The second-order valence-corrected chi connectivity index (χ2v) is 2.15. The predicted molar refractivity (Wildman–Crippen MR) is 44.0 cm³/mol. The Balaban J connectivity index is 0. The molecule has 0 unspecified atom stereocenters. The van der Waals surface area contributed by atoms with E-state index in [1.165, 1.54) is 18.2 Å². The van der Waals surface area contributed by atoms with Gasteiger partial charge in [0.2, 0.25) is 0 Å². The van der Waals surface area contributed by atoms with E-state index in [0.29, 0.717) is 0 Å². The molecule has 0 saturated heterocycles. The van der Waals surface area contributed by atoms with Crippen LogP contribution in [0.3, 0.4) is 0 Å². The largest absolute Gasteiger partial charge is 0.400 e. The summed E-state index contributed by atoms with van der Waals surface area (Å²) in [5.41, 5.74) is -0.653. The molecule has 0 radical (unpaired) electrons. The fourth-order valence-corrected chi connectivity index (χ4v) is 0.797. The Labute approximate surface area is 93.7 Å². The fraction of sp³-hybridized carbons (Fsp3) is 0.222. The third-order valence-corrected chi connectivity index (χ3v) is 1.32. The molecule has 0 spiro atoms. The summed E-state index contributed by atoms with van der Waals surface area (Å²) < 4.78 is 36.0. The Bertz CT molecular complexity index is 260. The Kier molecular flexibility index (Phi) is 7.79. The summed E-state index contributed by atoms with van der Waals surface area (Å²) >= 11 is 0. The molecule has 0 aliphatic carbocycles. The summed E-state index contributed by atoms with van der Waals surface area (Å²) in [6.45, 7) is 3.27. The monoisotopic (exact) mass is 255 g/mol. The Morgan fingerprint density at radius 3 is 1.86 bits per heavy atom. The van der Waals surface area contributed by atoms with Gasteiger partial charge >= 0.3 is 6.18 Å². The number of hydrogen-bond donors (Lipinski definition) is 1. The summed E-state index contributed by atoms with van der Waals surface area (Å²) in [5.74, 6) is 0. The minimum atomic E-state index is -4.28. The minimum Gasteiger partial charge on any atom is -0.400 e. The third-order valence-electron chi connectivity index (χ3n) is 1.32. The van der Waals surface area contributed by atoms with Gasteiger partial charge in [-0.3, -0.25) is 0 Å². The van der Waals surface area contributed by atoms with Gasteiger partial charge in [-0.1, -0.05) is 6.07 Å². The molecule has 0 saturated carbocycles. The van der Waals surface area contributed by atoms with Crippen molar-refractivity contribution in [2.24, 2.45) is 0 Å². The van der Waals surface area contributed by atoms with E-state index in [4.69, 9.17) is 5.11 Å². The quantitative estimate of drug-likeness (QED) is 0.559. The summed E-state index contributed by atoms with van der Waals surface area (Å²) in [5, 5.41) is 7.00. The van der Waals surface area contributed by atoms with E-state index in [9.17, 15) is 13.2 Å². The maximum atomic E-state index is 12.0. The first-order valence-electron chi connectivity index (χ1n) is 3.45. The first-order chi connectivity index (χ1) is 6.02. The van der Waals surface area contributed by atoms with Gasteiger partial charge in [-0.05, 0) is 5.56 Å². The van der Waals surface area contributed by atoms with Crippen molar-refractivity contribution in [1.82, 2.24) is 0 Å². The molecule has 14 heavy (non-hydrogen) atoms. The topological polar surface area (TPSA) is 20.2 Å². The zero-order valence-electron chi connectivity index (χ0n) is 7.80. The van der Waals surface area contributed by atoms with Crippen LogP contribution in [0.2, 0.25) is 0 Å². The molecule has 5 heteroatoms. The summed E-state index contributed by atoms with van der Waals surface area (Å²) in [6, 6.07) is 5.22. The van der Waals surface area contributed by atoms with Crippen LogP contribution in [-0.4, -0.2) is 12.2 Å². The van der Waals surface area contributed by atoms with Gasteiger partial charge in [0, 0.05) is 26.6 Å². The molecule has 0 amide bonds. The van der Waals surface area contributed by atoms with Gasteiger partial charge in [-0.25, -0.2) is 0 Å². The van der Waals surface area contributed by atoms with E-state index < -0.39 is 11.7 Å². The first kappa shape index (κ1) is 15.9. The van der Waals surface area contributed by atoms with E-state index in [-0.39, 0.29) is 25.0 Å². The van der Waals surface area contributed by atoms with Gasteiger partial charge in [-0.15, -0.1) is 12.1 Å². The summed E-state index contributed by atoms with van der Waals surface area (Å²) in [7, 11) is 1.00.